The number of carbonyl (C=O) groups is 3. The van der Waals surface area contributed by atoms with E-state index in [9.17, 15) is 19.5 Å². The number of nitrogens with zero attached hydrogens (tertiary/aromatic N) is 2. The lowest BCUT2D eigenvalue weighted by Gasteiger charge is -2.51. The highest BCUT2D eigenvalue weighted by Gasteiger charge is 2.52. The first-order valence-electron chi connectivity index (χ1n) is 12.8. The average Bonchev–Trinajstić information content (AvgIpc) is 3.66. The van der Waals surface area contributed by atoms with E-state index in [0.717, 1.165) is 24.0 Å². The molecule has 2 amide bonds. The van der Waals surface area contributed by atoms with Crippen molar-refractivity contribution in [3.05, 3.63) is 69.7 Å². The molecule has 0 bridgehead atoms. The number of hydrogen-bond acceptors (Lipinski definition) is 3. The van der Waals surface area contributed by atoms with Crippen molar-refractivity contribution in [3.63, 3.8) is 0 Å². The molecule has 4 rings (SSSR count). The number of carboxylic acids is 1. The van der Waals surface area contributed by atoms with Crippen LogP contribution in [-0.2, 0) is 14.4 Å². The summed E-state index contributed by atoms with van der Waals surface area (Å²) in [4.78, 5) is 42.1. The van der Waals surface area contributed by atoms with Crippen LogP contribution in [0.1, 0.15) is 76.0 Å². The first kappa shape index (κ1) is 27.5. The fourth-order valence-electron chi connectivity index (χ4n) is 5.81. The highest BCUT2D eigenvalue weighted by atomic mass is 35.5. The summed E-state index contributed by atoms with van der Waals surface area (Å²) < 4.78 is 0. The van der Waals surface area contributed by atoms with Crippen molar-refractivity contribution in [2.45, 2.75) is 76.9 Å². The molecule has 0 aromatic heterocycles. The Kier molecular flexibility index (Phi) is 8.20. The van der Waals surface area contributed by atoms with Crippen LogP contribution >= 0.6 is 23.2 Å². The van der Waals surface area contributed by atoms with Crippen molar-refractivity contribution in [2.75, 3.05) is 6.54 Å². The zero-order valence-electron chi connectivity index (χ0n) is 21.5. The summed E-state index contributed by atoms with van der Waals surface area (Å²) in [6.07, 6.45) is 2.73. The molecule has 4 atom stereocenters. The Morgan fingerprint density at radius 3 is 2.35 bits per heavy atom. The van der Waals surface area contributed by atoms with Gasteiger partial charge in [-0.05, 0) is 68.0 Å². The summed E-state index contributed by atoms with van der Waals surface area (Å²) in [7, 11) is 0. The number of halogens is 2. The van der Waals surface area contributed by atoms with Gasteiger partial charge in [0, 0.05) is 41.5 Å². The molecule has 1 aliphatic heterocycles. The maximum atomic E-state index is 14.2. The van der Waals surface area contributed by atoms with Crippen molar-refractivity contribution < 1.29 is 19.5 Å². The lowest BCUT2D eigenvalue weighted by molar-refractivity contribution is -0.160. The van der Waals surface area contributed by atoms with Crippen LogP contribution in [0.25, 0.3) is 0 Å². The molecule has 198 valence electrons. The Bertz CT molecular complexity index is 1170. The summed E-state index contributed by atoms with van der Waals surface area (Å²) in [5.41, 5.74) is 0.793. The van der Waals surface area contributed by atoms with Crippen LogP contribution in [0, 0.1) is 5.41 Å². The number of benzene rings is 2. The van der Waals surface area contributed by atoms with Gasteiger partial charge in [-0.25, -0.2) is 0 Å². The minimum absolute atomic E-state index is 0.0430. The first-order valence-corrected chi connectivity index (χ1v) is 13.6. The highest BCUT2D eigenvalue weighted by Crippen LogP contribution is 2.52. The molecule has 2 aliphatic rings. The van der Waals surface area contributed by atoms with E-state index in [1.54, 1.807) is 19.9 Å². The quantitative estimate of drug-likeness (QED) is 0.400. The summed E-state index contributed by atoms with van der Waals surface area (Å²) in [5.74, 6) is -1.32. The molecule has 6 nitrogen and oxygen atoms in total. The molecule has 0 spiro atoms. The zero-order valence-corrected chi connectivity index (χ0v) is 23.0. The SMILES string of the molecule is CC(=O)N(CC[C@H](C)N1C(=O)[C@@](C)(CC(=O)O)C[C@H](c2cccc(Cl)c2)[C@H]1c1ccc(Cl)cc1)C1CC1. The monoisotopic (exact) mass is 544 g/mol. The number of likely N-dealkylation sites (tertiary alicyclic amines) is 1. The highest BCUT2D eigenvalue weighted by molar-refractivity contribution is 6.30. The molecule has 2 aromatic rings. The van der Waals surface area contributed by atoms with Gasteiger partial charge in [0.25, 0.3) is 0 Å². The summed E-state index contributed by atoms with van der Waals surface area (Å²) in [6, 6.07) is 14.8. The number of rotatable bonds is 9. The summed E-state index contributed by atoms with van der Waals surface area (Å²) in [6.45, 7) is 5.89. The zero-order chi connectivity index (χ0) is 26.9. The van der Waals surface area contributed by atoms with Gasteiger partial charge in [0.2, 0.25) is 11.8 Å². The van der Waals surface area contributed by atoms with Crippen LogP contribution in [0.5, 0.6) is 0 Å². The van der Waals surface area contributed by atoms with E-state index in [1.807, 2.05) is 59.2 Å². The molecule has 1 saturated carbocycles. The Hall–Kier alpha value is -2.57. The van der Waals surface area contributed by atoms with Gasteiger partial charge in [-0.3, -0.25) is 14.4 Å². The van der Waals surface area contributed by atoms with Crippen LogP contribution in [0.4, 0.5) is 0 Å². The molecular weight excluding hydrogens is 511 g/mol. The van der Waals surface area contributed by atoms with Gasteiger partial charge in [0.05, 0.1) is 17.9 Å². The number of hydrogen-bond donors (Lipinski definition) is 1. The van der Waals surface area contributed by atoms with E-state index in [0.29, 0.717) is 29.4 Å². The third-order valence-corrected chi connectivity index (χ3v) is 8.27. The molecule has 0 unspecified atom stereocenters. The van der Waals surface area contributed by atoms with Gasteiger partial charge in [-0.1, -0.05) is 54.4 Å². The second kappa shape index (κ2) is 11.0. The van der Waals surface area contributed by atoms with E-state index in [-0.39, 0.29) is 42.3 Å². The third kappa shape index (κ3) is 6.12. The van der Waals surface area contributed by atoms with Crippen molar-refractivity contribution in [1.29, 1.82) is 0 Å². The second-order valence-electron chi connectivity index (χ2n) is 10.8. The lowest BCUT2D eigenvalue weighted by atomic mass is 9.67. The van der Waals surface area contributed by atoms with E-state index in [1.165, 1.54) is 0 Å². The van der Waals surface area contributed by atoms with E-state index in [2.05, 4.69) is 0 Å². The maximum Gasteiger partial charge on any atom is 0.304 e. The van der Waals surface area contributed by atoms with E-state index >= 15 is 0 Å². The molecule has 1 N–H and O–H groups in total. The lowest BCUT2D eigenvalue weighted by Crippen LogP contribution is -2.56. The molecule has 2 fully saturated rings. The Labute approximate surface area is 228 Å². The average molecular weight is 546 g/mol. The van der Waals surface area contributed by atoms with Gasteiger partial charge in [0.15, 0.2) is 0 Å². The Morgan fingerprint density at radius 2 is 1.78 bits per heavy atom. The van der Waals surface area contributed by atoms with E-state index in [4.69, 9.17) is 23.2 Å². The molecular formula is C29H34Cl2N2O4. The van der Waals surface area contributed by atoms with Crippen molar-refractivity contribution in [3.8, 4) is 0 Å². The number of carbonyl (C=O) groups excluding carboxylic acids is 2. The first-order chi connectivity index (χ1) is 17.5. The number of aliphatic carboxylic acids is 1. The molecule has 8 heteroatoms. The Morgan fingerprint density at radius 1 is 1.11 bits per heavy atom. The van der Waals surface area contributed by atoms with Crippen LogP contribution in [0.3, 0.4) is 0 Å². The standard InChI is InChI=1S/C29H34Cl2N2O4/c1-18(13-14-32(19(2)34)24-11-12-24)33-27(20-7-9-22(30)10-8-20)25(21-5-4-6-23(31)15-21)16-29(3,28(33)37)17-26(35)36/h4-10,15,18,24-25,27H,11-14,16-17H2,1-3H3,(H,35,36)/t18-,25+,27+,29+/m0/s1. The molecule has 2 aromatic carbocycles. The minimum atomic E-state index is -1.09. The van der Waals surface area contributed by atoms with Gasteiger partial charge >= 0.3 is 5.97 Å². The van der Waals surface area contributed by atoms with Crippen LogP contribution < -0.4 is 0 Å². The predicted molar refractivity (Wildman–Crippen MR) is 145 cm³/mol. The van der Waals surface area contributed by atoms with Crippen LogP contribution in [-0.4, -0.2) is 51.3 Å². The van der Waals surface area contributed by atoms with Gasteiger partial charge in [0.1, 0.15) is 0 Å². The molecule has 1 saturated heterocycles. The number of carboxylic acid groups (broad SMARTS) is 1. The predicted octanol–water partition coefficient (Wildman–Crippen LogP) is 6.32. The van der Waals surface area contributed by atoms with Gasteiger partial charge in [-0.15, -0.1) is 0 Å². The topological polar surface area (TPSA) is 77.9 Å². The summed E-state index contributed by atoms with van der Waals surface area (Å²) in [5, 5.41) is 10.9. The number of amides is 2. The third-order valence-electron chi connectivity index (χ3n) is 7.79. The fourth-order valence-corrected chi connectivity index (χ4v) is 6.14. The largest absolute Gasteiger partial charge is 0.481 e. The smallest absolute Gasteiger partial charge is 0.304 e. The van der Waals surface area contributed by atoms with Gasteiger partial charge in [-0.2, -0.15) is 0 Å². The molecule has 1 heterocycles. The van der Waals surface area contributed by atoms with Gasteiger partial charge < -0.3 is 14.9 Å². The maximum absolute atomic E-state index is 14.2. The van der Waals surface area contributed by atoms with Crippen LogP contribution in [0.2, 0.25) is 10.0 Å². The fraction of sp³-hybridized carbons (Fsp3) is 0.483. The second-order valence-corrected chi connectivity index (χ2v) is 11.7. The Balaban J connectivity index is 1.78. The van der Waals surface area contributed by atoms with E-state index < -0.39 is 11.4 Å². The van der Waals surface area contributed by atoms with Crippen LogP contribution in [0.15, 0.2) is 48.5 Å². The molecule has 37 heavy (non-hydrogen) atoms. The molecule has 1 aliphatic carbocycles. The van der Waals surface area contributed by atoms with Crippen molar-refractivity contribution in [1.82, 2.24) is 9.80 Å². The normalized spacial score (nSPS) is 24.6. The van der Waals surface area contributed by atoms with Crippen molar-refractivity contribution >= 4 is 41.0 Å². The number of piperidine rings is 1. The van der Waals surface area contributed by atoms with Crippen molar-refractivity contribution in [2.24, 2.45) is 5.41 Å². The molecule has 0 radical (unpaired) electrons. The minimum Gasteiger partial charge on any atom is -0.481 e. The summed E-state index contributed by atoms with van der Waals surface area (Å²) >= 11 is 12.6.